The van der Waals surface area contributed by atoms with E-state index in [9.17, 15) is 18.0 Å². The smallest absolute Gasteiger partial charge is 0.471 e. The molecule has 4 nitrogen and oxygen atoms in total. The fraction of sp³-hybridized carbons (Fsp3) is 0.208. The van der Waals surface area contributed by atoms with Crippen molar-refractivity contribution < 1.29 is 27.4 Å². The topological polar surface area (TPSA) is 47.6 Å². The lowest BCUT2D eigenvalue weighted by atomic mass is 10.1. The second kappa shape index (κ2) is 11.2. The molecule has 3 aromatic carbocycles. The molecule has 0 aliphatic carbocycles. The van der Waals surface area contributed by atoms with E-state index in [-0.39, 0.29) is 13.0 Å². The van der Waals surface area contributed by atoms with E-state index in [2.05, 4.69) is 22.6 Å². The van der Waals surface area contributed by atoms with Gasteiger partial charge in [0.1, 0.15) is 24.7 Å². The highest BCUT2D eigenvalue weighted by molar-refractivity contribution is 14.1. The van der Waals surface area contributed by atoms with Crippen molar-refractivity contribution in [3.63, 3.8) is 0 Å². The maximum Gasteiger partial charge on any atom is 0.471 e. The molecule has 0 atom stereocenters. The van der Waals surface area contributed by atoms with E-state index in [1.165, 1.54) is 0 Å². The van der Waals surface area contributed by atoms with Gasteiger partial charge in [0.2, 0.25) is 0 Å². The van der Waals surface area contributed by atoms with E-state index >= 15 is 0 Å². The molecule has 0 spiro atoms. The van der Waals surface area contributed by atoms with Crippen LogP contribution in [0.15, 0.2) is 72.8 Å². The molecule has 0 radical (unpaired) electrons. The van der Waals surface area contributed by atoms with Crippen LogP contribution in [-0.2, 0) is 24.4 Å². The summed E-state index contributed by atoms with van der Waals surface area (Å²) in [6.45, 7) is 0.516. The van der Waals surface area contributed by atoms with Crippen molar-refractivity contribution in [3.8, 4) is 11.5 Å². The van der Waals surface area contributed by atoms with Crippen LogP contribution in [0.5, 0.6) is 11.5 Å². The minimum Gasteiger partial charge on any atom is -0.489 e. The number of hydrogen-bond donors (Lipinski definition) is 1. The Morgan fingerprint density at radius 2 is 1.44 bits per heavy atom. The summed E-state index contributed by atoms with van der Waals surface area (Å²) in [5, 5.41) is 1.90. The quantitative estimate of drug-likeness (QED) is 0.347. The number of rotatable bonds is 9. The number of nitrogens with one attached hydrogen (secondary N) is 1. The molecule has 32 heavy (non-hydrogen) atoms. The number of amides is 1. The molecule has 0 fully saturated rings. The first-order chi connectivity index (χ1) is 15.3. The van der Waals surface area contributed by atoms with E-state index < -0.39 is 12.1 Å². The van der Waals surface area contributed by atoms with Crippen molar-refractivity contribution in [1.29, 1.82) is 0 Å². The van der Waals surface area contributed by atoms with Crippen molar-refractivity contribution in [3.05, 3.63) is 93.1 Å². The van der Waals surface area contributed by atoms with Crippen LogP contribution in [0.25, 0.3) is 0 Å². The molecule has 0 saturated heterocycles. The van der Waals surface area contributed by atoms with Gasteiger partial charge in [0.05, 0.1) is 3.57 Å². The summed E-state index contributed by atoms with van der Waals surface area (Å²) in [5.74, 6) is -0.851. The Bertz CT molecular complexity index is 1030. The molecule has 1 amide bonds. The van der Waals surface area contributed by atoms with Gasteiger partial charge in [-0.05, 0) is 51.8 Å². The van der Waals surface area contributed by atoms with Crippen LogP contribution in [0, 0.1) is 3.57 Å². The maximum atomic E-state index is 12.5. The Kier molecular flexibility index (Phi) is 8.38. The van der Waals surface area contributed by atoms with E-state index in [1.807, 2.05) is 66.0 Å². The number of carbonyl (C=O) groups is 1. The summed E-state index contributed by atoms with van der Waals surface area (Å²) in [6, 6.07) is 22.8. The van der Waals surface area contributed by atoms with Gasteiger partial charge in [-0.2, -0.15) is 13.2 Å². The van der Waals surface area contributed by atoms with E-state index in [1.54, 1.807) is 12.1 Å². The van der Waals surface area contributed by atoms with Gasteiger partial charge >= 0.3 is 12.1 Å². The number of alkyl halides is 3. The third kappa shape index (κ3) is 7.15. The molecule has 0 heterocycles. The first-order valence-electron chi connectivity index (χ1n) is 9.84. The zero-order valence-corrected chi connectivity index (χ0v) is 19.2. The summed E-state index contributed by atoms with van der Waals surface area (Å²) in [5.41, 5.74) is 2.69. The monoisotopic (exact) mass is 555 g/mol. The molecule has 0 aliphatic heterocycles. The van der Waals surface area contributed by atoms with Crippen molar-refractivity contribution in [2.24, 2.45) is 0 Å². The molecule has 0 unspecified atom stereocenters. The molecule has 0 bridgehead atoms. The average Bonchev–Trinajstić information content (AvgIpc) is 2.79. The minimum absolute atomic E-state index is 0.158. The number of halogens is 4. The van der Waals surface area contributed by atoms with Crippen molar-refractivity contribution >= 4 is 28.5 Å². The largest absolute Gasteiger partial charge is 0.489 e. The Hall–Kier alpha value is -2.75. The highest BCUT2D eigenvalue weighted by atomic mass is 127. The zero-order valence-electron chi connectivity index (χ0n) is 17.0. The molecule has 0 aliphatic rings. The summed E-state index contributed by atoms with van der Waals surface area (Å²) in [6.07, 6.45) is -4.71. The summed E-state index contributed by atoms with van der Waals surface area (Å²) >= 11 is 2.10. The van der Waals surface area contributed by atoms with E-state index in [0.717, 1.165) is 20.3 Å². The molecule has 168 valence electrons. The molecular formula is C24H21F3INO3. The Labute approximate surface area is 197 Å². The van der Waals surface area contributed by atoms with Gasteiger partial charge < -0.3 is 14.8 Å². The lowest BCUT2D eigenvalue weighted by Crippen LogP contribution is -2.37. The Morgan fingerprint density at radius 3 is 2.00 bits per heavy atom. The average molecular weight is 555 g/mol. The van der Waals surface area contributed by atoms with Crippen LogP contribution in [0.2, 0.25) is 0 Å². The van der Waals surface area contributed by atoms with Crippen LogP contribution in [0.1, 0.15) is 16.7 Å². The zero-order chi connectivity index (χ0) is 23.0. The molecule has 0 saturated carbocycles. The van der Waals surface area contributed by atoms with Crippen LogP contribution < -0.4 is 14.8 Å². The predicted molar refractivity (Wildman–Crippen MR) is 123 cm³/mol. The third-order valence-electron chi connectivity index (χ3n) is 4.51. The van der Waals surface area contributed by atoms with Gasteiger partial charge in [-0.15, -0.1) is 0 Å². The standard InChI is InChI=1S/C24H21F3INO3/c25-24(26,27)23(30)29-12-11-19-13-20(31-15-17-7-3-1-4-8-17)14-21(22(19)28)32-16-18-9-5-2-6-10-18/h1-10,13-14H,11-12,15-16H2,(H,29,30). The summed E-state index contributed by atoms with van der Waals surface area (Å²) in [4.78, 5) is 11.1. The maximum absolute atomic E-state index is 12.5. The highest BCUT2D eigenvalue weighted by Crippen LogP contribution is 2.32. The normalized spacial score (nSPS) is 11.1. The first-order valence-corrected chi connectivity index (χ1v) is 10.9. The van der Waals surface area contributed by atoms with Gasteiger partial charge in [0, 0.05) is 12.6 Å². The van der Waals surface area contributed by atoms with Crippen LogP contribution in [0.3, 0.4) is 0 Å². The Balaban J connectivity index is 1.75. The lowest BCUT2D eigenvalue weighted by molar-refractivity contribution is -0.173. The van der Waals surface area contributed by atoms with Crippen molar-refractivity contribution in [2.45, 2.75) is 25.8 Å². The van der Waals surface area contributed by atoms with Crippen LogP contribution in [-0.4, -0.2) is 18.6 Å². The molecule has 3 rings (SSSR count). The lowest BCUT2D eigenvalue weighted by Gasteiger charge is -2.16. The first kappa shape index (κ1) is 23.9. The minimum atomic E-state index is -4.91. The number of benzene rings is 3. The van der Waals surface area contributed by atoms with Crippen molar-refractivity contribution in [1.82, 2.24) is 5.32 Å². The predicted octanol–water partition coefficient (Wildman–Crippen LogP) is 5.67. The molecule has 3 aromatic rings. The SMILES string of the molecule is O=C(NCCc1cc(OCc2ccccc2)cc(OCc2ccccc2)c1I)C(F)(F)F. The van der Waals surface area contributed by atoms with Crippen molar-refractivity contribution in [2.75, 3.05) is 6.54 Å². The van der Waals surface area contributed by atoms with Gasteiger partial charge in [-0.3, -0.25) is 4.79 Å². The number of hydrogen-bond acceptors (Lipinski definition) is 3. The number of carbonyl (C=O) groups excluding carboxylic acids is 1. The molecule has 1 N–H and O–H groups in total. The van der Waals surface area contributed by atoms with Gasteiger partial charge in [0.15, 0.2) is 0 Å². The molecular weight excluding hydrogens is 534 g/mol. The fourth-order valence-electron chi connectivity index (χ4n) is 2.88. The third-order valence-corrected chi connectivity index (χ3v) is 5.74. The van der Waals surface area contributed by atoms with E-state index in [0.29, 0.717) is 24.7 Å². The summed E-state index contributed by atoms with van der Waals surface area (Å²) < 4.78 is 50.0. The van der Waals surface area contributed by atoms with Gasteiger partial charge in [-0.1, -0.05) is 60.7 Å². The molecule has 8 heteroatoms. The second-order valence-corrected chi connectivity index (χ2v) is 8.03. The van der Waals surface area contributed by atoms with E-state index in [4.69, 9.17) is 9.47 Å². The summed E-state index contributed by atoms with van der Waals surface area (Å²) in [7, 11) is 0. The molecule has 0 aromatic heterocycles. The van der Waals surface area contributed by atoms with Gasteiger partial charge in [0.25, 0.3) is 0 Å². The Morgan fingerprint density at radius 1 is 0.875 bits per heavy atom. The highest BCUT2D eigenvalue weighted by Gasteiger charge is 2.38. The van der Waals surface area contributed by atoms with Crippen LogP contribution >= 0.6 is 22.6 Å². The van der Waals surface area contributed by atoms with Gasteiger partial charge in [-0.25, -0.2) is 0 Å². The second-order valence-electron chi connectivity index (χ2n) is 6.95. The fourth-order valence-corrected chi connectivity index (χ4v) is 3.62. The number of ether oxygens (including phenoxy) is 2. The van der Waals surface area contributed by atoms with Crippen LogP contribution in [0.4, 0.5) is 13.2 Å².